The van der Waals surface area contributed by atoms with E-state index in [1.165, 1.54) is 5.56 Å². The molecule has 1 saturated heterocycles. The first-order valence-electron chi connectivity index (χ1n) is 9.87. The Labute approximate surface area is 159 Å². The average molecular weight is 369 g/mol. The molecule has 1 N–H and O–H groups in total. The number of hydrogen-bond acceptors (Lipinski definition) is 5. The Bertz CT molecular complexity index is 778. The maximum absolute atomic E-state index is 12.5. The van der Waals surface area contributed by atoms with E-state index in [0.717, 1.165) is 69.4 Å². The first-order valence-corrected chi connectivity index (χ1v) is 9.87. The third kappa shape index (κ3) is 3.98. The molecule has 0 unspecified atom stereocenters. The molecule has 7 nitrogen and oxygen atoms in total. The van der Waals surface area contributed by atoms with Gasteiger partial charge in [0, 0.05) is 32.1 Å². The lowest BCUT2D eigenvalue weighted by molar-refractivity contribution is -0.134. The van der Waals surface area contributed by atoms with Crippen molar-refractivity contribution in [1.29, 1.82) is 0 Å². The van der Waals surface area contributed by atoms with Gasteiger partial charge in [-0.05, 0) is 37.0 Å². The van der Waals surface area contributed by atoms with Gasteiger partial charge in [0.15, 0.2) is 6.61 Å². The molecule has 27 heavy (non-hydrogen) atoms. The number of carbonyl (C=O) groups excluding carboxylic acids is 1. The topological polar surface area (TPSA) is 72.3 Å². The van der Waals surface area contributed by atoms with Crippen molar-refractivity contribution in [2.24, 2.45) is 0 Å². The molecule has 0 aliphatic carbocycles. The predicted octanol–water partition coefficient (Wildman–Crippen LogP) is 1.73. The lowest BCUT2D eigenvalue weighted by atomic mass is 9.95. The largest absolute Gasteiger partial charge is 0.484 e. The van der Waals surface area contributed by atoms with E-state index >= 15 is 0 Å². The third-order valence-corrected chi connectivity index (χ3v) is 5.56. The highest BCUT2D eigenvalue weighted by molar-refractivity contribution is 5.77. The molecule has 1 fully saturated rings. The van der Waals surface area contributed by atoms with E-state index in [9.17, 15) is 4.79 Å². The molecule has 1 amide bonds. The Morgan fingerprint density at radius 1 is 1.19 bits per heavy atom. The zero-order valence-electron chi connectivity index (χ0n) is 15.9. The first kappa shape index (κ1) is 18.0. The third-order valence-electron chi connectivity index (χ3n) is 5.56. The molecular weight excluding hydrogens is 342 g/mol. The van der Waals surface area contributed by atoms with Crippen molar-refractivity contribution in [2.45, 2.75) is 45.2 Å². The molecule has 1 aromatic carbocycles. The molecule has 0 atom stereocenters. The van der Waals surface area contributed by atoms with Crippen molar-refractivity contribution in [3.05, 3.63) is 41.5 Å². The van der Waals surface area contributed by atoms with Crippen LogP contribution >= 0.6 is 0 Å². The van der Waals surface area contributed by atoms with E-state index in [-0.39, 0.29) is 12.5 Å². The molecule has 1 aromatic heterocycles. The van der Waals surface area contributed by atoms with Crippen molar-refractivity contribution in [2.75, 3.05) is 26.2 Å². The number of rotatable bonds is 5. The van der Waals surface area contributed by atoms with Crippen molar-refractivity contribution < 1.29 is 9.53 Å². The molecular formula is C20H27N5O2. The van der Waals surface area contributed by atoms with E-state index in [2.05, 4.69) is 27.0 Å². The second-order valence-corrected chi connectivity index (χ2v) is 7.24. The lowest BCUT2D eigenvalue weighted by Crippen LogP contribution is -2.41. The highest BCUT2D eigenvalue weighted by Gasteiger charge is 2.28. The molecule has 0 spiro atoms. The maximum atomic E-state index is 12.5. The zero-order chi connectivity index (χ0) is 18.6. The minimum absolute atomic E-state index is 0.0560. The van der Waals surface area contributed by atoms with Crippen LogP contribution in [-0.2, 0) is 24.3 Å². The molecule has 0 saturated carbocycles. The number of nitrogens with zero attached hydrogens (tertiary/aromatic N) is 4. The van der Waals surface area contributed by atoms with Crippen LogP contribution in [0, 0.1) is 0 Å². The highest BCUT2D eigenvalue weighted by Crippen LogP contribution is 2.28. The van der Waals surface area contributed by atoms with Gasteiger partial charge in [0.25, 0.3) is 5.91 Å². The summed E-state index contributed by atoms with van der Waals surface area (Å²) in [5, 5.41) is 12.1. The van der Waals surface area contributed by atoms with Crippen molar-refractivity contribution in [1.82, 2.24) is 25.0 Å². The summed E-state index contributed by atoms with van der Waals surface area (Å²) in [6.45, 7) is 6.41. The fourth-order valence-electron chi connectivity index (χ4n) is 3.86. The number of amides is 1. The second-order valence-electron chi connectivity index (χ2n) is 7.24. The average Bonchev–Trinajstić information content (AvgIpc) is 3.16. The molecule has 7 heteroatoms. The molecule has 2 aliphatic heterocycles. The van der Waals surface area contributed by atoms with Crippen LogP contribution in [0.15, 0.2) is 24.3 Å². The fraction of sp³-hybridized carbons (Fsp3) is 0.550. The lowest BCUT2D eigenvalue weighted by Gasteiger charge is -2.32. The van der Waals surface area contributed by atoms with Gasteiger partial charge >= 0.3 is 0 Å². The van der Waals surface area contributed by atoms with Gasteiger partial charge in [0.1, 0.15) is 17.4 Å². The number of likely N-dealkylation sites (tertiary alicyclic amines) is 1. The van der Waals surface area contributed by atoms with E-state index in [4.69, 9.17) is 4.74 Å². The number of ether oxygens (including phenoxy) is 1. The van der Waals surface area contributed by atoms with Crippen LogP contribution in [0.1, 0.15) is 42.9 Å². The molecule has 0 bridgehead atoms. The van der Waals surface area contributed by atoms with Gasteiger partial charge in [0.05, 0.1) is 6.54 Å². The summed E-state index contributed by atoms with van der Waals surface area (Å²) in [5.74, 6) is 3.30. The number of fused-ring (bicyclic) bond motifs is 1. The van der Waals surface area contributed by atoms with E-state index in [1.807, 2.05) is 29.2 Å². The van der Waals surface area contributed by atoms with Crippen LogP contribution in [0.2, 0.25) is 0 Å². The minimum atomic E-state index is 0.0560. The van der Waals surface area contributed by atoms with Crippen molar-refractivity contribution in [3.63, 3.8) is 0 Å². The number of nitrogens with one attached hydrogen (secondary N) is 1. The normalized spacial score (nSPS) is 17.6. The summed E-state index contributed by atoms with van der Waals surface area (Å²) >= 11 is 0. The Kier molecular flexibility index (Phi) is 5.38. The van der Waals surface area contributed by atoms with Gasteiger partial charge in [-0.3, -0.25) is 4.79 Å². The van der Waals surface area contributed by atoms with Crippen LogP contribution in [0.25, 0.3) is 0 Å². The Morgan fingerprint density at radius 3 is 2.70 bits per heavy atom. The van der Waals surface area contributed by atoms with Gasteiger partial charge in [-0.25, -0.2) is 0 Å². The van der Waals surface area contributed by atoms with Crippen molar-refractivity contribution in [3.8, 4) is 5.75 Å². The van der Waals surface area contributed by atoms with E-state index < -0.39 is 0 Å². The molecule has 0 radical (unpaired) electrons. The fourth-order valence-corrected chi connectivity index (χ4v) is 3.86. The first-order chi connectivity index (χ1) is 13.2. The van der Waals surface area contributed by atoms with Crippen LogP contribution in [0.4, 0.5) is 0 Å². The highest BCUT2D eigenvalue weighted by atomic mass is 16.5. The van der Waals surface area contributed by atoms with Crippen LogP contribution in [0.5, 0.6) is 5.75 Å². The molecule has 4 rings (SSSR count). The monoisotopic (exact) mass is 369 g/mol. The van der Waals surface area contributed by atoms with E-state index in [1.54, 1.807) is 0 Å². The Morgan fingerprint density at radius 2 is 1.96 bits per heavy atom. The van der Waals surface area contributed by atoms with Crippen LogP contribution < -0.4 is 10.1 Å². The number of aryl methyl sites for hydroxylation is 1. The summed E-state index contributed by atoms with van der Waals surface area (Å²) < 4.78 is 7.92. The summed E-state index contributed by atoms with van der Waals surface area (Å²) in [6.07, 6.45) is 2.87. The minimum Gasteiger partial charge on any atom is -0.484 e. The zero-order valence-corrected chi connectivity index (χ0v) is 15.9. The van der Waals surface area contributed by atoms with Gasteiger partial charge in [-0.15, -0.1) is 10.2 Å². The number of piperidine rings is 1. The van der Waals surface area contributed by atoms with Crippen LogP contribution in [-0.4, -0.2) is 51.8 Å². The predicted molar refractivity (Wildman–Crippen MR) is 102 cm³/mol. The van der Waals surface area contributed by atoms with Crippen LogP contribution in [0.3, 0.4) is 0 Å². The SMILES string of the molecule is CCc1ccc(OCC(=O)N2CCC(c3nnc4n3CCNC4)CC2)cc1. The Hall–Kier alpha value is -2.41. The van der Waals surface area contributed by atoms with Gasteiger partial charge in [0.2, 0.25) is 0 Å². The summed E-state index contributed by atoms with van der Waals surface area (Å²) in [7, 11) is 0. The van der Waals surface area contributed by atoms with Gasteiger partial charge in [-0.1, -0.05) is 19.1 Å². The standard InChI is InChI=1S/C20H27N5O2/c1-2-15-3-5-17(6-4-15)27-14-19(26)24-10-7-16(8-11-24)20-23-22-18-13-21-9-12-25(18)20/h3-6,16,21H,2,7-14H2,1H3. The quantitative estimate of drug-likeness (QED) is 0.869. The number of hydrogen-bond donors (Lipinski definition) is 1. The smallest absolute Gasteiger partial charge is 0.260 e. The summed E-state index contributed by atoms with van der Waals surface area (Å²) in [4.78, 5) is 14.4. The summed E-state index contributed by atoms with van der Waals surface area (Å²) in [5.41, 5.74) is 1.27. The van der Waals surface area contributed by atoms with Gasteiger partial charge in [-0.2, -0.15) is 0 Å². The van der Waals surface area contributed by atoms with E-state index in [0.29, 0.717) is 5.92 Å². The maximum Gasteiger partial charge on any atom is 0.260 e. The second kappa shape index (κ2) is 8.08. The molecule has 2 aromatic rings. The van der Waals surface area contributed by atoms with Gasteiger partial charge < -0.3 is 19.5 Å². The summed E-state index contributed by atoms with van der Waals surface area (Å²) in [6, 6.07) is 7.95. The molecule has 3 heterocycles. The number of aromatic nitrogens is 3. The number of carbonyl (C=O) groups is 1. The molecule has 144 valence electrons. The number of benzene rings is 1. The molecule has 2 aliphatic rings. The Balaban J connectivity index is 1.28. The van der Waals surface area contributed by atoms with Crippen molar-refractivity contribution >= 4 is 5.91 Å².